The molecule has 0 unspecified atom stereocenters. The van der Waals surface area contributed by atoms with Crippen molar-refractivity contribution < 1.29 is 18.0 Å². The van der Waals surface area contributed by atoms with E-state index >= 15 is 0 Å². The van der Waals surface area contributed by atoms with Gasteiger partial charge in [0, 0.05) is 24.8 Å². The van der Waals surface area contributed by atoms with E-state index in [1.54, 1.807) is 34.6 Å². The standard InChI is InChI=1S/C24H31N3O4S/c1-17-10-12-21(13-11-17)32(30,31)27-16-5-4-8-20(27)14-15-25-23(28)24(29)26-22-9-6-7-18(2)19(22)3/h6-7,9-13,20H,4-5,8,14-16H2,1-3H3,(H,25,28)(H,26,29)/t20-/m0/s1. The first-order valence-electron chi connectivity index (χ1n) is 10.9. The van der Waals surface area contributed by atoms with E-state index in [9.17, 15) is 18.0 Å². The Morgan fingerprint density at radius 3 is 2.44 bits per heavy atom. The van der Waals surface area contributed by atoms with Gasteiger partial charge in [-0.3, -0.25) is 9.59 Å². The fourth-order valence-corrected chi connectivity index (χ4v) is 5.65. The van der Waals surface area contributed by atoms with Crippen molar-refractivity contribution in [2.24, 2.45) is 0 Å². The van der Waals surface area contributed by atoms with Gasteiger partial charge in [0.2, 0.25) is 10.0 Å². The molecule has 3 rings (SSSR count). The number of hydrogen-bond donors (Lipinski definition) is 2. The van der Waals surface area contributed by atoms with Crippen molar-refractivity contribution in [2.75, 3.05) is 18.4 Å². The molecule has 2 aromatic rings. The van der Waals surface area contributed by atoms with Crippen molar-refractivity contribution in [1.82, 2.24) is 9.62 Å². The molecule has 1 fully saturated rings. The van der Waals surface area contributed by atoms with Gasteiger partial charge in [-0.2, -0.15) is 4.31 Å². The van der Waals surface area contributed by atoms with Gasteiger partial charge in [0.1, 0.15) is 0 Å². The minimum Gasteiger partial charge on any atom is -0.348 e. The summed E-state index contributed by atoms with van der Waals surface area (Å²) < 4.78 is 27.8. The molecule has 7 nitrogen and oxygen atoms in total. The van der Waals surface area contributed by atoms with Crippen LogP contribution in [0.4, 0.5) is 5.69 Å². The van der Waals surface area contributed by atoms with Crippen LogP contribution in [0.15, 0.2) is 47.4 Å². The molecule has 32 heavy (non-hydrogen) atoms. The molecule has 1 saturated heterocycles. The molecule has 172 valence electrons. The maximum absolute atomic E-state index is 13.2. The summed E-state index contributed by atoms with van der Waals surface area (Å²) in [6.07, 6.45) is 2.93. The minimum absolute atomic E-state index is 0.211. The number of anilines is 1. The zero-order valence-corrected chi connectivity index (χ0v) is 19.7. The molecule has 1 atom stereocenters. The van der Waals surface area contributed by atoms with Crippen molar-refractivity contribution in [3.8, 4) is 0 Å². The zero-order chi connectivity index (χ0) is 23.3. The Kier molecular flexibility index (Phi) is 7.69. The van der Waals surface area contributed by atoms with Crippen LogP contribution in [-0.2, 0) is 19.6 Å². The summed E-state index contributed by atoms with van der Waals surface area (Å²) in [4.78, 5) is 24.8. The third-order valence-corrected chi connectivity index (χ3v) is 7.99. The second-order valence-electron chi connectivity index (χ2n) is 8.32. The molecule has 2 N–H and O–H groups in total. The number of benzene rings is 2. The summed E-state index contributed by atoms with van der Waals surface area (Å²) in [7, 11) is -3.60. The van der Waals surface area contributed by atoms with Gasteiger partial charge in [0.15, 0.2) is 0 Å². The van der Waals surface area contributed by atoms with E-state index in [0.29, 0.717) is 18.7 Å². The van der Waals surface area contributed by atoms with Crippen molar-refractivity contribution in [3.05, 3.63) is 59.2 Å². The van der Waals surface area contributed by atoms with Gasteiger partial charge >= 0.3 is 11.8 Å². The molecule has 2 aromatic carbocycles. The monoisotopic (exact) mass is 457 g/mol. The van der Waals surface area contributed by atoms with Crippen molar-refractivity contribution >= 4 is 27.5 Å². The van der Waals surface area contributed by atoms with Gasteiger partial charge in [-0.1, -0.05) is 36.2 Å². The van der Waals surface area contributed by atoms with Crippen LogP contribution in [-0.4, -0.2) is 43.7 Å². The first kappa shape index (κ1) is 23.9. The quantitative estimate of drug-likeness (QED) is 0.651. The fraction of sp³-hybridized carbons (Fsp3) is 0.417. The molecule has 8 heteroatoms. The molecule has 0 bridgehead atoms. The predicted molar refractivity (Wildman–Crippen MR) is 125 cm³/mol. The van der Waals surface area contributed by atoms with Crippen LogP contribution in [0.1, 0.15) is 42.4 Å². The highest BCUT2D eigenvalue weighted by molar-refractivity contribution is 7.89. The lowest BCUT2D eigenvalue weighted by molar-refractivity contribution is -0.136. The van der Waals surface area contributed by atoms with Crippen LogP contribution >= 0.6 is 0 Å². The Hall–Kier alpha value is -2.71. The summed E-state index contributed by atoms with van der Waals surface area (Å²) in [5, 5.41) is 5.27. The van der Waals surface area contributed by atoms with Gasteiger partial charge in [-0.05, 0) is 69.4 Å². The highest BCUT2D eigenvalue weighted by Gasteiger charge is 2.33. The number of carbonyl (C=O) groups is 2. The summed E-state index contributed by atoms with van der Waals surface area (Å²) >= 11 is 0. The lowest BCUT2D eigenvalue weighted by Crippen LogP contribution is -2.45. The van der Waals surface area contributed by atoms with E-state index in [4.69, 9.17) is 0 Å². The highest BCUT2D eigenvalue weighted by Crippen LogP contribution is 2.27. The van der Waals surface area contributed by atoms with Crippen molar-refractivity contribution in [2.45, 2.75) is 57.4 Å². The number of carbonyl (C=O) groups excluding carboxylic acids is 2. The molecule has 0 radical (unpaired) electrons. The summed E-state index contributed by atoms with van der Waals surface area (Å²) in [5.74, 6) is -1.46. The predicted octanol–water partition coefficient (Wildman–Crippen LogP) is 3.30. The van der Waals surface area contributed by atoms with Crippen LogP contribution in [0.2, 0.25) is 0 Å². The normalized spacial score (nSPS) is 17.0. The van der Waals surface area contributed by atoms with E-state index < -0.39 is 21.8 Å². The molecule has 0 saturated carbocycles. The second-order valence-corrected chi connectivity index (χ2v) is 10.2. The summed E-state index contributed by atoms with van der Waals surface area (Å²) in [5.41, 5.74) is 3.54. The fourth-order valence-electron chi connectivity index (χ4n) is 3.92. The van der Waals surface area contributed by atoms with Gasteiger partial charge in [0.05, 0.1) is 4.90 Å². The van der Waals surface area contributed by atoms with Crippen LogP contribution in [0.3, 0.4) is 0 Å². The van der Waals surface area contributed by atoms with Gasteiger partial charge in [-0.15, -0.1) is 0 Å². The van der Waals surface area contributed by atoms with Crippen LogP contribution in [0.25, 0.3) is 0 Å². The number of piperidine rings is 1. The van der Waals surface area contributed by atoms with Gasteiger partial charge in [0.25, 0.3) is 0 Å². The third kappa shape index (κ3) is 5.55. The Morgan fingerprint density at radius 2 is 1.72 bits per heavy atom. The molecule has 2 amide bonds. The number of nitrogens with zero attached hydrogens (tertiary/aromatic N) is 1. The maximum atomic E-state index is 13.2. The Bertz CT molecular complexity index is 1080. The molecule has 0 spiro atoms. The van der Waals surface area contributed by atoms with E-state index in [1.165, 1.54) is 0 Å². The average Bonchev–Trinajstić information content (AvgIpc) is 2.77. The van der Waals surface area contributed by atoms with E-state index in [1.807, 2.05) is 32.9 Å². The number of rotatable bonds is 6. The van der Waals surface area contributed by atoms with E-state index in [0.717, 1.165) is 36.0 Å². The third-order valence-electron chi connectivity index (χ3n) is 6.02. The highest BCUT2D eigenvalue weighted by atomic mass is 32.2. The van der Waals surface area contributed by atoms with Gasteiger partial charge in [-0.25, -0.2) is 8.42 Å². The van der Waals surface area contributed by atoms with Crippen molar-refractivity contribution in [3.63, 3.8) is 0 Å². The number of sulfonamides is 1. The topological polar surface area (TPSA) is 95.6 Å². The number of nitrogens with one attached hydrogen (secondary N) is 2. The van der Waals surface area contributed by atoms with E-state index in [2.05, 4.69) is 10.6 Å². The van der Waals surface area contributed by atoms with Gasteiger partial charge < -0.3 is 10.6 Å². The number of aryl methyl sites for hydroxylation is 2. The number of hydrogen-bond acceptors (Lipinski definition) is 4. The summed E-state index contributed by atoms with van der Waals surface area (Å²) in [6.45, 7) is 6.42. The maximum Gasteiger partial charge on any atom is 0.313 e. The average molecular weight is 458 g/mol. The van der Waals surface area contributed by atoms with Crippen LogP contribution in [0.5, 0.6) is 0 Å². The first-order chi connectivity index (χ1) is 15.2. The summed E-state index contributed by atoms with van der Waals surface area (Å²) in [6, 6.07) is 12.2. The molecule has 0 aliphatic carbocycles. The lowest BCUT2D eigenvalue weighted by atomic mass is 10.0. The van der Waals surface area contributed by atoms with Crippen molar-refractivity contribution in [1.29, 1.82) is 0 Å². The Balaban J connectivity index is 1.58. The first-order valence-corrected chi connectivity index (χ1v) is 12.4. The van der Waals surface area contributed by atoms with Crippen LogP contribution in [0, 0.1) is 20.8 Å². The van der Waals surface area contributed by atoms with Crippen LogP contribution < -0.4 is 10.6 Å². The van der Waals surface area contributed by atoms with E-state index in [-0.39, 0.29) is 17.5 Å². The molecule has 1 aliphatic heterocycles. The SMILES string of the molecule is Cc1ccc(S(=O)(=O)N2CCCC[C@H]2CCNC(=O)C(=O)Nc2cccc(C)c2C)cc1. The molecular weight excluding hydrogens is 426 g/mol. The largest absolute Gasteiger partial charge is 0.348 e. The molecule has 1 heterocycles. The molecular formula is C24H31N3O4S. The molecule has 0 aromatic heterocycles. The lowest BCUT2D eigenvalue weighted by Gasteiger charge is -2.34. The molecule has 1 aliphatic rings. The Labute approximate surface area is 190 Å². The number of amides is 2. The smallest absolute Gasteiger partial charge is 0.313 e. The minimum atomic E-state index is -3.60. The zero-order valence-electron chi connectivity index (χ0n) is 18.8. The Morgan fingerprint density at radius 1 is 1.00 bits per heavy atom. The second kappa shape index (κ2) is 10.3.